The second kappa shape index (κ2) is 10.2. The van der Waals surface area contributed by atoms with E-state index in [0.29, 0.717) is 38.3 Å². The summed E-state index contributed by atoms with van der Waals surface area (Å²) in [7, 11) is 0. The molecule has 1 N–H and O–H groups in total. The maximum atomic E-state index is 13.6. The van der Waals surface area contributed by atoms with Crippen LogP contribution >= 0.6 is 0 Å². The predicted octanol–water partition coefficient (Wildman–Crippen LogP) is 4.15. The molecule has 0 atom stereocenters. The van der Waals surface area contributed by atoms with Gasteiger partial charge in [-0.05, 0) is 56.9 Å². The van der Waals surface area contributed by atoms with Gasteiger partial charge >= 0.3 is 0 Å². The molecule has 0 saturated carbocycles. The van der Waals surface area contributed by atoms with E-state index in [1.807, 2.05) is 47.7 Å². The quantitative estimate of drug-likeness (QED) is 0.578. The van der Waals surface area contributed by atoms with Crippen LogP contribution in [0.1, 0.15) is 66.8 Å². The second-order valence-corrected chi connectivity index (χ2v) is 10.0. The SMILES string of the molecule is Cc1cccc(NC(=O)CN2CCN(C(=O)c3cc(C(C)C)nc4c3cnn4C(C)C)CC2)c1C. The Labute approximate surface area is 207 Å². The summed E-state index contributed by atoms with van der Waals surface area (Å²) in [5.41, 5.74) is 5.41. The van der Waals surface area contributed by atoms with Gasteiger partial charge in [0.05, 0.1) is 23.7 Å². The number of piperazine rings is 1. The fourth-order valence-corrected chi connectivity index (χ4v) is 4.45. The number of benzene rings is 1. The highest BCUT2D eigenvalue weighted by Gasteiger charge is 2.26. The Morgan fingerprint density at radius 3 is 2.43 bits per heavy atom. The first-order valence-corrected chi connectivity index (χ1v) is 12.4. The van der Waals surface area contributed by atoms with Crippen molar-refractivity contribution in [2.45, 2.75) is 53.5 Å². The number of pyridine rings is 1. The number of hydrogen-bond acceptors (Lipinski definition) is 5. The molecule has 0 spiro atoms. The molecule has 1 aliphatic rings. The topological polar surface area (TPSA) is 83.4 Å². The van der Waals surface area contributed by atoms with Gasteiger partial charge in [0.25, 0.3) is 5.91 Å². The van der Waals surface area contributed by atoms with Crippen LogP contribution < -0.4 is 5.32 Å². The summed E-state index contributed by atoms with van der Waals surface area (Å²) >= 11 is 0. The highest BCUT2D eigenvalue weighted by molar-refractivity contribution is 6.05. The fourth-order valence-electron chi connectivity index (χ4n) is 4.45. The molecule has 2 amide bonds. The number of nitrogens with zero attached hydrogens (tertiary/aromatic N) is 5. The van der Waals surface area contributed by atoms with Crippen molar-refractivity contribution in [3.05, 3.63) is 52.8 Å². The minimum Gasteiger partial charge on any atom is -0.336 e. The number of amides is 2. The average Bonchev–Trinajstić information content (AvgIpc) is 3.26. The molecule has 1 aromatic carbocycles. The average molecular weight is 477 g/mol. The third kappa shape index (κ3) is 5.22. The van der Waals surface area contributed by atoms with Gasteiger partial charge in [-0.25, -0.2) is 9.67 Å². The van der Waals surface area contributed by atoms with Gasteiger partial charge in [0.15, 0.2) is 5.65 Å². The van der Waals surface area contributed by atoms with E-state index >= 15 is 0 Å². The number of hydrogen-bond donors (Lipinski definition) is 1. The number of rotatable bonds is 6. The maximum Gasteiger partial charge on any atom is 0.254 e. The lowest BCUT2D eigenvalue weighted by molar-refractivity contribution is -0.117. The summed E-state index contributed by atoms with van der Waals surface area (Å²) in [4.78, 5) is 35.0. The molecule has 4 rings (SSSR count). The van der Waals surface area contributed by atoms with Crippen LogP contribution in [0.25, 0.3) is 11.0 Å². The number of carbonyl (C=O) groups is 2. The highest BCUT2D eigenvalue weighted by Crippen LogP contribution is 2.26. The minimum atomic E-state index is -0.0306. The molecule has 8 heteroatoms. The van der Waals surface area contributed by atoms with Crippen LogP contribution in [0.4, 0.5) is 5.69 Å². The van der Waals surface area contributed by atoms with E-state index in [1.54, 1.807) is 6.20 Å². The molecule has 3 aromatic rings. The summed E-state index contributed by atoms with van der Waals surface area (Å²) in [5, 5.41) is 8.33. The second-order valence-electron chi connectivity index (χ2n) is 10.0. The van der Waals surface area contributed by atoms with Gasteiger partial charge in [-0.3, -0.25) is 14.5 Å². The van der Waals surface area contributed by atoms with Gasteiger partial charge in [-0.15, -0.1) is 0 Å². The van der Waals surface area contributed by atoms with Crippen LogP contribution in [-0.2, 0) is 4.79 Å². The van der Waals surface area contributed by atoms with Crippen molar-refractivity contribution in [1.29, 1.82) is 0 Å². The van der Waals surface area contributed by atoms with Crippen LogP contribution in [0.2, 0.25) is 0 Å². The lowest BCUT2D eigenvalue weighted by atomic mass is 10.0. The molecule has 3 heterocycles. The summed E-state index contributed by atoms with van der Waals surface area (Å²) in [6, 6.07) is 8.00. The van der Waals surface area contributed by atoms with Crippen molar-refractivity contribution >= 4 is 28.5 Å². The molecule has 2 aromatic heterocycles. The van der Waals surface area contributed by atoms with Gasteiger partial charge in [-0.2, -0.15) is 5.10 Å². The molecule has 0 radical (unpaired) electrons. The van der Waals surface area contributed by atoms with E-state index in [9.17, 15) is 9.59 Å². The van der Waals surface area contributed by atoms with Crippen LogP contribution in [0.5, 0.6) is 0 Å². The van der Waals surface area contributed by atoms with Crippen molar-refractivity contribution in [3.63, 3.8) is 0 Å². The van der Waals surface area contributed by atoms with Crippen molar-refractivity contribution in [3.8, 4) is 0 Å². The summed E-state index contributed by atoms with van der Waals surface area (Å²) in [5.74, 6) is 0.174. The lowest BCUT2D eigenvalue weighted by Crippen LogP contribution is -2.50. The zero-order valence-electron chi connectivity index (χ0n) is 21.6. The Hall–Kier alpha value is -3.26. The van der Waals surface area contributed by atoms with Crippen LogP contribution in [0.15, 0.2) is 30.5 Å². The van der Waals surface area contributed by atoms with Crippen LogP contribution in [0.3, 0.4) is 0 Å². The van der Waals surface area contributed by atoms with Crippen molar-refractivity contribution in [1.82, 2.24) is 24.6 Å². The number of nitrogens with one attached hydrogen (secondary N) is 1. The van der Waals surface area contributed by atoms with Gasteiger partial charge in [-0.1, -0.05) is 26.0 Å². The van der Waals surface area contributed by atoms with E-state index in [-0.39, 0.29) is 23.8 Å². The Bertz CT molecular complexity index is 1240. The normalized spacial score (nSPS) is 14.8. The number of aryl methyl sites for hydroxylation is 1. The first kappa shape index (κ1) is 24.9. The zero-order valence-corrected chi connectivity index (χ0v) is 21.6. The van der Waals surface area contributed by atoms with E-state index in [2.05, 4.69) is 43.0 Å². The summed E-state index contributed by atoms with van der Waals surface area (Å²) in [6.45, 7) is 15.1. The molecule has 0 unspecified atom stereocenters. The molecule has 35 heavy (non-hydrogen) atoms. The standard InChI is InChI=1S/C27H36N6O2/c1-17(2)24-14-21(22-15-28-33(18(3)4)26(22)30-24)27(35)32-12-10-31(11-13-32)16-25(34)29-23-9-7-8-19(5)20(23)6/h7-9,14-15,17-18H,10-13,16H2,1-6H3,(H,29,34). The molecule has 1 fully saturated rings. The largest absolute Gasteiger partial charge is 0.336 e. The molecule has 8 nitrogen and oxygen atoms in total. The van der Waals surface area contributed by atoms with Crippen molar-refractivity contribution in [2.75, 3.05) is 38.0 Å². The smallest absolute Gasteiger partial charge is 0.254 e. The van der Waals surface area contributed by atoms with Crippen molar-refractivity contribution < 1.29 is 9.59 Å². The van der Waals surface area contributed by atoms with Gasteiger partial charge < -0.3 is 10.2 Å². The first-order chi connectivity index (χ1) is 16.7. The van der Waals surface area contributed by atoms with E-state index in [4.69, 9.17) is 4.98 Å². The van der Waals surface area contributed by atoms with Gasteiger partial charge in [0.2, 0.25) is 5.91 Å². The Morgan fingerprint density at radius 1 is 1.06 bits per heavy atom. The van der Waals surface area contributed by atoms with Crippen LogP contribution in [-0.4, -0.2) is 69.1 Å². The Morgan fingerprint density at radius 2 is 1.77 bits per heavy atom. The molecule has 1 aliphatic heterocycles. The van der Waals surface area contributed by atoms with E-state index in [0.717, 1.165) is 33.5 Å². The third-order valence-corrected chi connectivity index (χ3v) is 6.80. The minimum absolute atomic E-state index is 0.00194. The molecule has 1 saturated heterocycles. The maximum absolute atomic E-state index is 13.6. The van der Waals surface area contributed by atoms with E-state index < -0.39 is 0 Å². The van der Waals surface area contributed by atoms with Gasteiger partial charge in [0, 0.05) is 43.6 Å². The Kier molecular flexibility index (Phi) is 7.21. The van der Waals surface area contributed by atoms with Crippen LogP contribution in [0, 0.1) is 13.8 Å². The number of anilines is 1. The molecule has 0 bridgehead atoms. The number of aromatic nitrogens is 3. The third-order valence-electron chi connectivity index (χ3n) is 6.80. The molecule has 0 aliphatic carbocycles. The molecular formula is C27H36N6O2. The number of carbonyl (C=O) groups excluding carboxylic acids is 2. The van der Waals surface area contributed by atoms with Crippen molar-refractivity contribution in [2.24, 2.45) is 0 Å². The monoisotopic (exact) mass is 476 g/mol. The zero-order chi connectivity index (χ0) is 25.3. The van der Waals surface area contributed by atoms with E-state index in [1.165, 1.54) is 0 Å². The lowest BCUT2D eigenvalue weighted by Gasteiger charge is -2.34. The summed E-state index contributed by atoms with van der Waals surface area (Å²) < 4.78 is 1.88. The molecular weight excluding hydrogens is 440 g/mol. The van der Waals surface area contributed by atoms with Gasteiger partial charge in [0.1, 0.15) is 0 Å². The number of fused-ring (bicyclic) bond motifs is 1. The molecule has 186 valence electrons. The first-order valence-electron chi connectivity index (χ1n) is 12.4. The fraction of sp³-hybridized carbons (Fsp3) is 0.481. The predicted molar refractivity (Wildman–Crippen MR) is 139 cm³/mol. The summed E-state index contributed by atoms with van der Waals surface area (Å²) in [6.07, 6.45) is 1.76. The Balaban J connectivity index is 1.44. The highest BCUT2D eigenvalue weighted by atomic mass is 16.2.